The van der Waals surface area contributed by atoms with Crippen molar-refractivity contribution < 1.29 is 23.8 Å². The molecule has 0 radical (unpaired) electrons. The molecule has 0 fully saturated rings. The van der Waals surface area contributed by atoms with Gasteiger partial charge in [0.05, 0.1) is 22.5 Å². The van der Waals surface area contributed by atoms with Crippen LogP contribution in [0.5, 0.6) is 5.75 Å². The highest BCUT2D eigenvalue weighted by atomic mass is 19.1. The molecule has 0 amide bonds. The molecule has 8 heteroatoms. The minimum absolute atomic E-state index is 0.00606. The van der Waals surface area contributed by atoms with E-state index in [1.54, 1.807) is 23.6 Å². The number of hydrogen-bond acceptors (Lipinski definition) is 4. The average molecular weight is 475 g/mol. The first-order chi connectivity index (χ1) is 16.5. The van der Waals surface area contributed by atoms with Gasteiger partial charge < -0.3 is 20.5 Å². The zero-order valence-electron chi connectivity index (χ0n) is 19.4. The molecule has 178 valence electrons. The second kappa shape index (κ2) is 8.44. The van der Waals surface area contributed by atoms with Crippen LogP contribution in [0.4, 0.5) is 14.5 Å². The Morgan fingerprint density at radius 3 is 2.40 bits per heavy atom. The lowest BCUT2D eigenvalue weighted by Gasteiger charge is -2.27. The summed E-state index contributed by atoms with van der Waals surface area (Å²) < 4.78 is 30.5. The van der Waals surface area contributed by atoms with Gasteiger partial charge in [-0.05, 0) is 60.5 Å². The van der Waals surface area contributed by atoms with Gasteiger partial charge >= 0.3 is 5.97 Å². The number of phenols is 1. The summed E-state index contributed by atoms with van der Waals surface area (Å²) in [5.74, 6) is -3.03. The van der Waals surface area contributed by atoms with Crippen molar-refractivity contribution in [2.45, 2.75) is 32.6 Å². The number of nitrogens with zero attached hydrogens (tertiary/aromatic N) is 2. The number of phenolic OH excluding ortho intramolecular Hbond substituents is 1. The van der Waals surface area contributed by atoms with Gasteiger partial charge in [0.15, 0.2) is 11.6 Å². The molecule has 0 aliphatic carbocycles. The van der Waals surface area contributed by atoms with Gasteiger partial charge in [-0.1, -0.05) is 19.9 Å². The minimum atomic E-state index is -1.20. The molecule has 0 aliphatic rings. The number of hydrogen-bond donors (Lipinski definition) is 3. The second-order valence-electron chi connectivity index (χ2n) is 9.11. The van der Waals surface area contributed by atoms with Gasteiger partial charge in [0.2, 0.25) is 0 Å². The highest BCUT2D eigenvalue weighted by molar-refractivity contribution is 6.05. The van der Waals surface area contributed by atoms with Crippen LogP contribution in [0.25, 0.3) is 27.7 Å². The SMILES string of the molecule is Cc1cc(-n2c(C(C)(C)CC#N)c(-c3ccc(C(=O)O)c(N)c3)c3c(O)c(F)ccc32)ccc1F. The third kappa shape index (κ3) is 3.85. The maximum absolute atomic E-state index is 14.6. The number of nitriles is 1. The predicted octanol–water partition coefficient (Wildman–Crippen LogP) is 6.06. The van der Waals surface area contributed by atoms with Crippen LogP contribution in [0.2, 0.25) is 0 Å². The fourth-order valence-corrected chi connectivity index (χ4v) is 4.49. The molecule has 0 saturated heterocycles. The number of anilines is 1. The Labute approximate surface area is 200 Å². The van der Waals surface area contributed by atoms with Gasteiger partial charge in [-0.25, -0.2) is 13.6 Å². The van der Waals surface area contributed by atoms with Gasteiger partial charge in [0.25, 0.3) is 0 Å². The van der Waals surface area contributed by atoms with E-state index in [1.807, 2.05) is 13.8 Å². The van der Waals surface area contributed by atoms with Crippen LogP contribution in [-0.2, 0) is 5.41 Å². The molecule has 0 unspecified atom stereocenters. The number of carboxylic acids is 1. The van der Waals surface area contributed by atoms with Crippen LogP contribution in [-0.4, -0.2) is 20.7 Å². The van der Waals surface area contributed by atoms with Crippen molar-refractivity contribution in [3.63, 3.8) is 0 Å². The number of carboxylic acid groups (broad SMARTS) is 1. The highest BCUT2D eigenvalue weighted by Gasteiger charge is 2.34. The Balaban J connectivity index is 2.23. The van der Waals surface area contributed by atoms with E-state index in [0.717, 1.165) is 6.07 Å². The van der Waals surface area contributed by atoms with Gasteiger partial charge in [0.1, 0.15) is 5.82 Å². The highest BCUT2D eigenvalue weighted by Crippen LogP contribution is 2.48. The smallest absolute Gasteiger partial charge is 0.337 e. The summed E-state index contributed by atoms with van der Waals surface area (Å²) in [6.45, 7) is 5.29. The van der Waals surface area contributed by atoms with E-state index in [9.17, 15) is 29.1 Å². The summed E-state index contributed by atoms with van der Waals surface area (Å²) in [5.41, 5.74) is 7.88. The number of carbonyl (C=O) groups is 1. The van der Waals surface area contributed by atoms with Gasteiger partial charge in [-0.3, -0.25) is 0 Å². The molecule has 6 nitrogen and oxygen atoms in total. The number of fused-ring (bicyclic) bond motifs is 1. The van der Waals surface area contributed by atoms with Crippen molar-refractivity contribution in [3.05, 3.63) is 77.0 Å². The van der Waals surface area contributed by atoms with E-state index in [4.69, 9.17) is 5.73 Å². The maximum Gasteiger partial charge on any atom is 0.337 e. The topological polar surface area (TPSA) is 112 Å². The lowest BCUT2D eigenvalue weighted by molar-refractivity contribution is 0.0698. The van der Waals surface area contributed by atoms with Crippen molar-refractivity contribution in [2.75, 3.05) is 5.73 Å². The summed E-state index contributed by atoms with van der Waals surface area (Å²) in [6.07, 6.45) is 0.0719. The predicted molar refractivity (Wildman–Crippen MR) is 130 cm³/mol. The van der Waals surface area contributed by atoms with E-state index in [0.29, 0.717) is 33.6 Å². The standard InChI is InChI=1S/C27H23F2N3O3/c1-14-12-16(5-7-18(14)28)32-21-9-8-19(29)24(33)23(21)22(25(32)27(2,3)10-11-30)15-4-6-17(26(34)35)20(31)13-15/h4-9,12-13,33H,10,31H2,1-3H3,(H,34,35). The monoisotopic (exact) mass is 475 g/mol. The van der Waals surface area contributed by atoms with Crippen molar-refractivity contribution >= 4 is 22.6 Å². The normalized spacial score (nSPS) is 11.5. The first kappa shape index (κ1) is 23.8. The minimum Gasteiger partial charge on any atom is -0.504 e. The third-order valence-electron chi connectivity index (χ3n) is 6.19. The molecule has 35 heavy (non-hydrogen) atoms. The van der Waals surface area contributed by atoms with E-state index in [1.165, 1.54) is 30.3 Å². The van der Waals surface area contributed by atoms with Crippen LogP contribution >= 0.6 is 0 Å². The maximum atomic E-state index is 14.6. The molecule has 0 aliphatic heterocycles. The lowest BCUT2D eigenvalue weighted by atomic mass is 9.81. The quantitative estimate of drug-likeness (QED) is 0.304. The van der Waals surface area contributed by atoms with Crippen LogP contribution in [0.15, 0.2) is 48.5 Å². The molecular weight excluding hydrogens is 452 g/mol. The van der Waals surface area contributed by atoms with Gasteiger partial charge in [0, 0.05) is 34.5 Å². The van der Waals surface area contributed by atoms with Gasteiger partial charge in [-0.2, -0.15) is 5.26 Å². The fraction of sp³-hybridized carbons (Fsp3) is 0.185. The summed E-state index contributed by atoms with van der Waals surface area (Å²) in [7, 11) is 0. The molecule has 0 bridgehead atoms. The molecule has 4 aromatic rings. The van der Waals surface area contributed by atoms with Crippen LogP contribution in [0.1, 0.15) is 41.9 Å². The summed E-state index contributed by atoms with van der Waals surface area (Å²) in [4.78, 5) is 11.5. The fourth-order valence-electron chi connectivity index (χ4n) is 4.49. The van der Waals surface area contributed by atoms with Crippen molar-refractivity contribution in [1.82, 2.24) is 4.57 Å². The largest absolute Gasteiger partial charge is 0.504 e. The number of aromatic nitrogens is 1. The number of aromatic hydroxyl groups is 1. The molecule has 0 spiro atoms. The number of benzene rings is 3. The first-order valence-electron chi connectivity index (χ1n) is 10.8. The average Bonchev–Trinajstić information content (AvgIpc) is 3.14. The number of aryl methyl sites for hydroxylation is 1. The van der Waals surface area contributed by atoms with Crippen molar-refractivity contribution in [3.8, 4) is 28.6 Å². The number of aromatic carboxylic acids is 1. The summed E-state index contributed by atoms with van der Waals surface area (Å²) in [6, 6.07) is 13.7. The molecule has 0 saturated carbocycles. The van der Waals surface area contributed by atoms with Crippen molar-refractivity contribution in [1.29, 1.82) is 5.26 Å². The Morgan fingerprint density at radius 1 is 1.11 bits per heavy atom. The van der Waals surface area contributed by atoms with E-state index in [-0.39, 0.29) is 23.1 Å². The zero-order chi connectivity index (χ0) is 25.7. The molecule has 1 aromatic heterocycles. The van der Waals surface area contributed by atoms with Gasteiger partial charge in [-0.15, -0.1) is 0 Å². The van der Waals surface area contributed by atoms with Crippen LogP contribution in [0, 0.1) is 29.9 Å². The van der Waals surface area contributed by atoms with E-state index >= 15 is 0 Å². The molecule has 1 heterocycles. The summed E-state index contributed by atoms with van der Waals surface area (Å²) in [5, 5.41) is 30.0. The Bertz CT molecular complexity index is 1550. The lowest BCUT2D eigenvalue weighted by Crippen LogP contribution is -2.22. The number of halogens is 2. The van der Waals surface area contributed by atoms with Crippen molar-refractivity contribution in [2.24, 2.45) is 0 Å². The van der Waals surface area contributed by atoms with E-state index < -0.39 is 28.8 Å². The van der Waals surface area contributed by atoms with Crippen LogP contribution in [0.3, 0.4) is 0 Å². The molecular formula is C27H23F2N3O3. The third-order valence-corrected chi connectivity index (χ3v) is 6.19. The first-order valence-corrected chi connectivity index (χ1v) is 10.8. The van der Waals surface area contributed by atoms with E-state index in [2.05, 4.69) is 6.07 Å². The summed E-state index contributed by atoms with van der Waals surface area (Å²) >= 11 is 0. The zero-order valence-corrected chi connectivity index (χ0v) is 19.4. The second-order valence-corrected chi connectivity index (χ2v) is 9.11. The molecule has 0 atom stereocenters. The molecule has 3 aromatic carbocycles. The number of rotatable bonds is 5. The van der Waals surface area contributed by atoms with Crippen LogP contribution < -0.4 is 5.73 Å². The Morgan fingerprint density at radius 2 is 1.80 bits per heavy atom. The molecule has 4 rings (SSSR count). The Hall–Kier alpha value is -4.38. The molecule has 4 N–H and O–H groups in total. The number of nitrogens with two attached hydrogens (primary N) is 1. The number of nitrogen functional groups attached to an aromatic ring is 1. The Kier molecular flexibility index (Phi) is 5.73.